The fraction of sp³-hybridized carbons (Fsp3) is 0.211. The first kappa shape index (κ1) is 18.8. The predicted molar refractivity (Wildman–Crippen MR) is 107 cm³/mol. The number of amidine groups is 1. The highest BCUT2D eigenvalue weighted by molar-refractivity contribution is 8.15. The lowest BCUT2D eigenvalue weighted by Gasteiger charge is -2.16. The molecule has 3 rings (SSSR count). The van der Waals surface area contributed by atoms with Crippen LogP contribution in [0.3, 0.4) is 0 Å². The van der Waals surface area contributed by atoms with E-state index in [-0.39, 0.29) is 16.8 Å². The van der Waals surface area contributed by atoms with E-state index in [1.54, 1.807) is 17.0 Å². The molecule has 7 nitrogen and oxygen atoms in total. The van der Waals surface area contributed by atoms with Crippen LogP contribution in [0.5, 0.6) is 0 Å². The van der Waals surface area contributed by atoms with Crippen LogP contribution in [0.1, 0.15) is 23.6 Å². The second kappa shape index (κ2) is 8.13. The SMILES string of the molecule is Cc1ccccc1CN1C(=O)[C@@H](C)S/C1=N\N=C/c1cccc([N+](=O)[O-])c1. The Bertz CT molecular complexity index is 942. The molecule has 0 radical (unpaired) electrons. The van der Waals surface area contributed by atoms with Crippen molar-refractivity contribution in [3.05, 3.63) is 75.3 Å². The normalized spacial score (nSPS) is 18.6. The van der Waals surface area contributed by atoms with Gasteiger partial charge in [-0.05, 0) is 25.0 Å². The van der Waals surface area contributed by atoms with E-state index in [0.29, 0.717) is 17.3 Å². The van der Waals surface area contributed by atoms with Gasteiger partial charge in [-0.15, -0.1) is 5.10 Å². The number of carbonyl (C=O) groups excluding carboxylic acids is 1. The Morgan fingerprint density at radius 2 is 2.04 bits per heavy atom. The molecule has 0 spiro atoms. The molecule has 0 aliphatic carbocycles. The third kappa shape index (κ3) is 4.40. The maximum absolute atomic E-state index is 12.5. The predicted octanol–water partition coefficient (Wildman–Crippen LogP) is 3.76. The highest BCUT2D eigenvalue weighted by Crippen LogP contribution is 2.29. The summed E-state index contributed by atoms with van der Waals surface area (Å²) in [6.45, 7) is 4.28. The summed E-state index contributed by atoms with van der Waals surface area (Å²) in [6.07, 6.45) is 1.44. The molecule has 1 saturated heterocycles. The summed E-state index contributed by atoms with van der Waals surface area (Å²) in [7, 11) is 0. The van der Waals surface area contributed by atoms with Gasteiger partial charge in [-0.25, -0.2) is 0 Å². The number of hydrogen-bond donors (Lipinski definition) is 0. The highest BCUT2D eigenvalue weighted by Gasteiger charge is 2.35. The van der Waals surface area contributed by atoms with Gasteiger partial charge in [0, 0.05) is 17.7 Å². The molecule has 2 aromatic rings. The van der Waals surface area contributed by atoms with Crippen LogP contribution < -0.4 is 0 Å². The van der Waals surface area contributed by atoms with Gasteiger partial charge in [0.25, 0.3) is 5.69 Å². The van der Waals surface area contributed by atoms with Crippen LogP contribution in [-0.4, -0.2) is 32.4 Å². The number of non-ortho nitro benzene ring substituents is 1. The van der Waals surface area contributed by atoms with Gasteiger partial charge in [0.05, 0.1) is 22.9 Å². The Hall–Kier alpha value is -3.00. The second-order valence-corrected chi connectivity index (χ2v) is 7.40. The van der Waals surface area contributed by atoms with E-state index < -0.39 is 4.92 Å². The summed E-state index contributed by atoms with van der Waals surface area (Å²) >= 11 is 1.35. The maximum Gasteiger partial charge on any atom is 0.270 e. The van der Waals surface area contributed by atoms with Crippen molar-refractivity contribution in [2.75, 3.05) is 0 Å². The number of aryl methyl sites for hydroxylation is 1. The number of nitrogens with zero attached hydrogens (tertiary/aromatic N) is 4. The summed E-state index contributed by atoms with van der Waals surface area (Å²) < 4.78 is 0. The van der Waals surface area contributed by atoms with Gasteiger partial charge in [-0.3, -0.25) is 19.8 Å². The van der Waals surface area contributed by atoms with Crippen LogP contribution in [0.4, 0.5) is 5.69 Å². The molecule has 1 atom stereocenters. The van der Waals surface area contributed by atoms with Crippen LogP contribution in [0.2, 0.25) is 0 Å². The van der Waals surface area contributed by atoms with E-state index in [2.05, 4.69) is 10.2 Å². The number of amides is 1. The molecule has 0 saturated carbocycles. The van der Waals surface area contributed by atoms with Crippen LogP contribution in [0, 0.1) is 17.0 Å². The van der Waals surface area contributed by atoms with Gasteiger partial charge in [0.15, 0.2) is 5.17 Å². The van der Waals surface area contributed by atoms with E-state index in [9.17, 15) is 14.9 Å². The van der Waals surface area contributed by atoms with E-state index in [0.717, 1.165) is 11.1 Å². The Morgan fingerprint density at radius 1 is 1.26 bits per heavy atom. The molecule has 0 bridgehead atoms. The van der Waals surface area contributed by atoms with Crippen LogP contribution >= 0.6 is 11.8 Å². The molecule has 8 heteroatoms. The molecule has 0 N–H and O–H groups in total. The average Bonchev–Trinajstić information content (AvgIpc) is 2.91. The maximum atomic E-state index is 12.5. The van der Waals surface area contributed by atoms with E-state index in [4.69, 9.17) is 0 Å². The molecule has 138 valence electrons. The van der Waals surface area contributed by atoms with Crippen molar-refractivity contribution < 1.29 is 9.72 Å². The van der Waals surface area contributed by atoms with Gasteiger partial charge in [-0.1, -0.05) is 48.2 Å². The van der Waals surface area contributed by atoms with E-state index >= 15 is 0 Å². The van der Waals surface area contributed by atoms with Gasteiger partial charge in [-0.2, -0.15) is 5.10 Å². The highest BCUT2D eigenvalue weighted by atomic mass is 32.2. The van der Waals surface area contributed by atoms with Crippen molar-refractivity contribution in [1.82, 2.24) is 4.90 Å². The molecule has 0 unspecified atom stereocenters. The first-order chi connectivity index (χ1) is 13.0. The fourth-order valence-electron chi connectivity index (χ4n) is 2.63. The average molecular weight is 382 g/mol. The second-order valence-electron chi connectivity index (χ2n) is 6.09. The summed E-state index contributed by atoms with van der Waals surface area (Å²) in [5.41, 5.74) is 2.72. The third-order valence-corrected chi connectivity index (χ3v) is 5.22. The van der Waals surface area contributed by atoms with Crippen molar-refractivity contribution in [1.29, 1.82) is 0 Å². The molecule has 1 amide bonds. The first-order valence-corrected chi connectivity index (χ1v) is 9.21. The molecular weight excluding hydrogens is 364 g/mol. The fourth-order valence-corrected chi connectivity index (χ4v) is 3.55. The zero-order valence-electron chi connectivity index (χ0n) is 14.9. The Labute approximate surface area is 160 Å². The van der Waals surface area contributed by atoms with Gasteiger partial charge >= 0.3 is 0 Å². The smallest absolute Gasteiger partial charge is 0.270 e. The number of nitro groups is 1. The lowest BCUT2D eigenvalue weighted by Crippen LogP contribution is -2.31. The minimum atomic E-state index is -0.458. The Kier molecular flexibility index (Phi) is 5.66. The molecule has 27 heavy (non-hydrogen) atoms. The van der Waals surface area contributed by atoms with Crippen molar-refractivity contribution in [2.45, 2.75) is 25.6 Å². The van der Waals surface area contributed by atoms with Crippen LogP contribution in [0.15, 0.2) is 58.7 Å². The van der Waals surface area contributed by atoms with Crippen LogP contribution in [-0.2, 0) is 11.3 Å². The topological polar surface area (TPSA) is 88.2 Å². The monoisotopic (exact) mass is 382 g/mol. The van der Waals surface area contributed by atoms with Crippen LogP contribution in [0.25, 0.3) is 0 Å². The molecule has 1 heterocycles. The van der Waals surface area contributed by atoms with Crippen molar-refractivity contribution in [3.63, 3.8) is 0 Å². The largest absolute Gasteiger partial charge is 0.284 e. The standard InChI is InChI=1S/C19H18N4O3S/c1-13-6-3-4-8-16(13)12-22-18(24)14(2)27-19(22)21-20-11-15-7-5-9-17(10-15)23(25)26/h3-11,14H,12H2,1-2H3/b20-11-,21-19-/t14-/m1/s1. The lowest BCUT2D eigenvalue weighted by atomic mass is 10.1. The summed E-state index contributed by atoms with van der Waals surface area (Å²) in [4.78, 5) is 24.5. The molecule has 1 fully saturated rings. The number of benzene rings is 2. The van der Waals surface area contributed by atoms with Crippen molar-refractivity contribution in [3.8, 4) is 0 Å². The minimum Gasteiger partial charge on any atom is -0.284 e. The number of hydrogen-bond acceptors (Lipinski definition) is 6. The van der Waals surface area contributed by atoms with E-state index in [1.807, 2.05) is 38.1 Å². The number of thioether (sulfide) groups is 1. The number of rotatable bonds is 5. The zero-order chi connectivity index (χ0) is 19.4. The zero-order valence-corrected chi connectivity index (χ0v) is 15.7. The molecule has 1 aliphatic heterocycles. The first-order valence-electron chi connectivity index (χ1n) is 8.33. The lowest BCUT2D eigenvalue weighted by molar-refractivity contribution is -0.384. The molecular formula is C19H18N4O3S. The van der Waals surface area contributed by atoms with Crippen molar-refractivity contribution >= 4 is 34.7 Å². The van der Waals surface area contributed by atoms with Gasteiger partial charge < -0.3 is 0 Å². The van der Waals surface area contributed by atoms with Crippen molar-refractivity contribution in [2.24, 2.45) is 10.2 Å². The quantitative estimate of drug-likeness (QED) is 0.447. The Morgan fingerprint density at radius 3 is 2.78 bits per heavy atom. The van der Waals surface area contributed by atoms with E-state index in [1.165, 1.54) is 30.1 Å². The molecule has 0 aromatic heterocycles. The Balaban J connectivity index is 1.81. The molecule has 2 aromatic carbocycles. The summed E-state index contributed by atoms with van der Waals surface area (Å²) in [5, 5.41) is 19.4. The third-order valence-electron chi connectivity index (χ3n) is 4.15. The van der Waals surface area contributed by atoms with Gasteiger partial charge in [0.2, 0.25) is 5.91 Å². The number of nitro benzene ring substituents is 1. The molecule has 1 aliphatic rings. The minimum absolute atomic E-state index is 0.00690. The summed E-state index contributed by atoms with van der Waals surface area (Å²) in [6, 6.07) is 14.0. The van der Waals surface area contributed by atoms with Gasteiger partial charge in [0.1, 0.15) is 0 Å². The number of carbonyl (C=O) groups is 1. The summed E-state index contributed by atoms with van der Waals surface area (Å²) in [5.74, 6) is -0.00690.